The minimum Gasteiger partial charge on any atom is -0.388 e. The number of rotatable bonds is 3. The Bertz CT molecular complexity index is 204. The molecule has 0 aromatic heterocycles. The lowest BCUT2D eigenvalue weighted by Crippen LogP contribution is -2.14. The van der Waals surface area contributed by atoms with Crippen LogP contribution in [-0.4, -0.2) is 12.3 Å². The number of carbonyl (C=O) groups excluding carboxylic acids is 1. The summed E-state index contributed by atoms with van der Waals surface area (Å²) in [4.78, 5) is 10.8. The van der Waals surface area contributed by atoms with Crippen LogP contribution >= 0.6 is 0 Å². The van der Waals surface area contributed by atoms with Crippen LogP contribution in [0.25, 0.3) is 0 Å². The molecule has 0 atom stereocenters. The van der Waals surface area contributed by atoms with Crippen molar-refractivity contribution in [3.63, 3.8) is 0 Å². The first-order valence-electron chi connectivity index (χ1n) is 4.32. The molecule has 0 aromatic rings. The van der Waals surface area contributed by atoms with Gasteiger partial charge in [-0.25, -0.2) is 0 Å². The van der Waals surface area contributed by atoms with E-state index in [2.05, 4.69) is 5.32 Å². The Balaban J connectivity index is 1.76. The smallest absolute Gasteiger partial charge is 0.157 e. The molecule has 0 radical (unpaired) electrons. The molecule has 2 rings (SSSR count). The molecule has 0 aliphatic heterocycles. The Morgan fingerprint density at radius 2 is 2.27 bits per heavy atom. The van der Waals surface area contributed by atoms with E-state index < -0.39 is 0 Å². The second kappa shape index (κ2) is 2.68. The van der Waals surface area contributed by atoms with Crippen molar-refractivity contribution in [1.29, 1.82) is 0 Å². The number of ketones is 1. The van der Waals surface area contributed by atoms with Crippen LogP contribution in [0.5, 0.6) is 0 Å². The van der Waals surface area contributed by atoms with Gasteiger partial charge in [-0.2, -0.15) is 0 Å². The van der Waals surface area contributed by atoms with Crippen LogP contribution in [0, 0.1) is 5.92 Å². The van der Waals surface area contributed by atoms with Crippen LogP contribution in [-0.2, 0) is 4.79 Å². The van der Waals surface area contributed by atoms with E-state index in [1.807, 2.05) is 0 Å². The van der Waals surface area contributed by atoms with E-state index in [0.717, 1.165) is 24.6 Å². The van der Waals surface area contributed by atoms with Crippen molar-refractivity contribution in [1.82, 2.24) is 5.32 Å². The van der Waals surface area contributed by atoms with Crippen LogP contribution in [0.3, 0.4) is 0 Å². The summed E-state index contributed by atoms with van der Waals surface area (Å²) >= 11 is 0. The minimum absolute atomic E-state index is 0.281. The molecule has 2 aliphatic rings. The summed E-state index contributed by atoms with van der Waals surface area (Å²) in [6.07, 6.45) is 6.14. The standard InChI is InChI=1S/C9H13NO/c11-9-4-3-8(5-9)10-6-7-1-2-7/h5,7,10H,1-4,6H2. The fraction of sp³-hybridized carbons (Fsp3) is 0.667. The summed E-state index contributed by atoms with van der Waals surface area (Å²) in [5.41, 5.74) is 1.15. The second-order valence-electron chi connectivity index (χ2n) is 3.46. The first kappa shape index (κ1) is 6.89. The highest BCUT2D eigenvalue weighted by Crippen LogP contribution is 2.28. The number of hydrogen-bond acceptors (Lipinski definition) is 2. The Morgan fingerprint density at radius 1 is 1.45 bits per heavy atom. The van der Waals surface area contributed by atoms with Crippen LogP contribution in [0.4, 0.5) is 0 Å². The molecule has 1 fully saturated rings. The first-order chi connectivity index (χ1) is 5.34. The maximum absolute atomic E-state index is 10.8. The number of nitrogens with one attached hydrogen (secondary N) is 1. The molecular formula is C9H13NO. The molecule has 2 heteroatoms. The van der Waals surface area contributed by atoms with Gasteiger partial charge in [-0.1, -0.05) is 0 Å². The molecule has 0 spiro atoms. The summed E-state index contributed by atoms with van der Waals surface area (Å²) in [6, 6.07) is 0. The van der Waals surface area contributed by atoms with Crippen molar-refractivity contribution in [2.24, 2.45) is 5.92 Å². The second-order valence-corrected chi connectivity index (χ2v) is 3.46. The summed E-state index contributed by atoms with van der Waals surface area (Å²) in [6.45, 7) is 1.08. The van der Waals surface area contributed by atoms with E-state index in [1.54, 1.807) is 6.08 Å². The topological polar surface area (TPSA) is 29.1 Å². The van der Waals surface area contributed by atoms with Crippen molar-refractivity contribution in [2.45, 2.75) is 25.7 Å². The third-order valence-electron chi connectivity index (χ3n) is 2.29. The summed E-state index contributed by atoms with van der Waals surface area (Å²) in [7, 11) is 0. The SMILES string of the molecule is O=C1C=C(NCC2CC2)CC1. The van der Waals surface area contributed by atoms with E-state index in [4.69, 9.17) is 0 Å². The van der Waals surface area contributed by atoms with Crippen LogP contribution < -0.4 is 5.32 Å². The lowest BCUT2D eigenvalue weighted by atomic mass is 10.3. The Hall–Kier alpha value is -0.790. The van der Waals surface area contributed by atoms with Crippen LogP contribution in [0.2, 0.25) is 0 Å². The fourth-order valence-corrected chi connectivity index (χ4v) is 1.33. The Kier molecular flexibility index (Phi) is 1.68. The van der Waals surface area contributed by atoms with E-state index in [1.165, 1.54) is 12.8 Å². The fourth-order valence-electron chi connectivity index (χ4n) is 1.33. The van der Waals surface area contributed by atoms with Crippen molar-refractivity contribution < 1.29 is 4.79 Å². The molecule has 11 heavy (non-hydrogen) atoms. The van der Waals surface area contributed by atoms with Crippen molar-refractivity contribution >= 4 is 5.78 Å². The Morgan fingerprint density at radius 3 is 2.82 bits per heavy atom. The summed E-state index contributed by atoms with van der Waals surface area (Å²) < 4.78 is 0. The van der Waals surface area contributed by atoms with Gasteiger partial charge in [0.05, 0.1) is 0 Å². The maximum atomic E-state index is 10.8. The van der Waals surface area contributed by atoms with Gasteiger partial charge in [-0.15, -0.1) is 0 Å². The maximum Gasteiger partial charge on any atom is 0.157 e. The van der Waals surface area contributed by atoms with Crippen molar-refractivity contribution in [3.8, 4) is 0 Å². The molecule has 1 N–H and O–H groups in total. The molecular weight excluding hydrogens is 138 g/mol. The van der Waals surface area contributed by atoms with Crippen LogP contribution in [0.1, 0.15) is 25.7 Å². The first-order valence-corrected chi connectivity index (χ1v) is 4.32. The van der Waals surface area contributed by atoms with Gasteiger partial charge in [0.1, 0.15) is 0 Å². The highest BCUT2D eigenvalue weighted by molar-refractivity contribution is 5.92. The molecule has 60 valence electrons. The monoisotopic (exact) mass is 151 g/mol. The van der Waals surface area contributed by atoms with Crippen LogP contribution in [0.15, 0.2) is 11.8 Å². The summed E-state index contributed by atoms with van der Waals surface area (Å²) in [5, 5.41) is 3.31. The molecule has 1 saturated carbocycles. The molecule has 2 aliphatic carbocycles. The van der Waals surface area contributed by atoms with Gasteiger partial charge in [0.2, 0.25) is 0 Å². The van der Waals surface area contributed by atoms with Crippen molar-refractivity contribution in [2.75, 3.05) is 6.54 Å². The average molecular weight is 151 g/mol. The van der Waals surface area contributed by atoms with E-state index in [9.17, 15) is 4.79 Å². The lowest BCUT2D eigenvalue weighted by Gasteiger charge is -2.03. The van der Waals surface area contributed by atoms with Gasteiger partial charge < -0.3 is 5.32 Å². The van der Waals surface area contributed by atoms with Gasteiger partial charge in [0.25, 0.3) is 0 Å². The highest BCUT2D eigenvalue weighted by atomic mass is 16.1. The average Bonchev–Trinajstić information content (AvgIpc) is 2.72. The number of hydrogen-bond donors (Lipinski definition) is 1. The van der Waals surface area contributed by atoms with E-state index >= 15 is 0 Å². The largest absolute Gasteiger partial charge is 0.388 e. The third kappa shape index (κ3) is 1.82. The predicted octanol–water partition coefficient (Wildman–Crippen LogP) is 1.23. The molecule has 0 amide bonds. The zero-order valence-electron chi connectivity index (χ0n) is 6.60. The minimum atomic E-state index is 0.281. The molecule has 2 nitrogen and oxygen atoms in total. The number of allylic oxidation sites excluding steroid dienone is 2. The van der Waals surface area contributed by atoms with Gasteiger partial charge in [0, 0.05) is 24.7 Å². The Labute approximate surface area is 66.7 Å². The van der Waals surface area contributed by atoms with Gasteiger partial charge in [-0.05, 0) is 25.2 Å². The van der Waals surface area contributed by atoms with Crippen molar-refractivity contribution in [3.05, 3.63) is 11.8 Å². The molecule has 0 saturated heterocycles. The molecule has 0 bridgehead atoms. The molecule has 0 aromatic carbocycles. The zero-order valence-corrected chi connectivity index (χ0v) is 6.60. The molecule has 0 heterocycles. The third-order valence-corrected chi connectivity index (χ3v) is 2.29. The van der Waals surface area contributed by atoms with Gasteiger partial charge in [0.15, 0.2) is 5.78 Å². The molecule has 0 unspecified atom stereocenters. The lowest BCUT2D eigenvalue weighted by molar-refractivity contribution is -0.114. The van der Waals surface area contributed by atoms with E-state index in [0.29, 0.717) is 6.42 Å². The summed E-state index contributed by atoms with van der Waals surface area (Å²) in [5.74, 6) is 1.18. The number of carbonyl (C=O) groups is 1. The quantitative estimate of drug-likeness (QED) is 0.657. The predicted molar refractivity (Wildman–Crippen MR) is 43.1 cm³/mol. The van der Waals surface area contributed by atoms with Gasteiger partial charge >= 0.3 is 0 Å². The van der Waals surface area contributed by atoms with Gasteiger partial charge in [-0.3, -0.25) is 4.79 Å². The highest BCUT2D eigenvalue weighted by Gasteiger charge is 2.21. The zero-order chi connectivity index (χ0) is 7.68. The normalized spacial score (nSPS) is 23.6. The van der Waals surface area contributed by atoms with E-state index in [-0.39, 0.29) is 5.78 Å².